The molecule has 3 heteroatoms. The third-order valence-corrected chi connectivity index (χ3v) is 2.62. The quantitative estimate of drug-likeness (QED) is 0.542. The van der Waals surface area contributed by atoms with E-state index in [1.54, 1.807) is 11.8 Å². The van der Waals surface area contributed by atoms with Gasteiger partial charge in [-0.05, 0) is 18.2 Å². The summed E-state index contributed by atoms with van der Waals surface area (Å²) in [6.45, 7) is 1.96. The van der Waals surface area contributed by atoms with E-state index in [4.69, 9.17) is 0 Å². The van der Waals surface area contributed by atoms with Crippen LogP contribution in [-0.4, -0.2) is 18.8 Å². The van der Waals surface area contributed by atoms with E-state index in [-0.39, 0.29) is 5.97 Å². The summed E-state index contributed by atoms with van der Waals surface area (Å²) in [6.07, 6.45) is 0.864. The van der Waals surface area contributed by atoms with E-state index >= 15 is 0 Å². The van der Waals surface area contributed by atoms with Crippen molar-refractivity contribution in [2.75, 3.05) is 12.9 Å². The van der Waals surface area contributed by atoms with Gasteiger partial charge in [-0.25, -0.2) is 4.79 Å². The molecule has 10 heavy (non-hydrogen) atoms. The van der Waals surface area contributed by atoms with Crippen molar-refractivity contribution in [3.8, 4) is 0 Å². The third kappa shape index (κ3) is 1.34. The van der Waals surface area contributed by atoms with Crippen molar-refractivity contribution in [1.29, 1.82) is 0 Å². The molecule has 0 fully saturated rings. The first-order chi connectivity index (χ1) is 4.75. The van der Waals surface area contributed by atoms with E-state index in [1.165, 1.54) is 7.11 Å². The molecule has 0 spiro atoms. The van der Waals surface area contributed by atoms with Crippen molar-refractivity contribution >= 4 is 17.7 Å². The number of hydrogen-bond acceptors (Lipinski definition) is 3. The summed E-state index contributed by atoms with van der Waals surface area (Å²) >= 11 is 1.73. The number of thioether (sulfide) groups is 1. The molecule has 0 aromatic rings. The number of carbonyl (C=O) groups is 1. The van der Waals surface area contributed by atoms with Gasteiger partial charge in [0, 0.05) is 11.3 Å². The van der Waals surface area contributed by atoms with Crippen LogP contribution in [0, 0.1) is 0 Å². The number of allylic oxidation sites excluding steroid dienone is 1. The molecule has 0 unspecified atom stereocenters. The van der Waals surface area contributed by atoms with Crippen molar-refractivity contribution in [3.05, 3.63) is 10.5 Å². The van der Waals surface area contributed by atoms with Crippen molar-refractivity contribution < 1.29 is 9.53 Å². The molecule has 0 saturated carbocycles. The second-order valence-corrected chi connectivity index (χ2v) is 3.43. The van der Waals surface area contributed by atoms with E-state index in [0.29, 0.717) is 0 Å². The molecule has 0 saturated heterocycles. The zero-order valence-corrected chi connectivity index (χ0v) is 6.96. The Hall–Kier alpha value is -0.440. The summed E-state index contributed by atoms with van der Waals surface area (Å²) in [6, 6.07) is 0. The summed E-state index contributed by atoms with van der Waals surface area (Å²) in [5.41, 5.74) is 0.854. The van der Waals surface area contributed by atoms with Gasteiger partial charge in [-0.3, -0.25) is 0 Å². The maximum atomic E-state index is 10.9. The molecule has 0 bridgehead atoms. The number of rotatable bonds is 1. The number of carbonyl (C=O) groups excluding carboxylic acids is 1. The molecule has 0 atom stereocenters. The van der Waals surface area contributed by atoms with Gasteiger partial charge in [0.25, 0.3) is 0 Å². The largest absolute Gasteiger partial charge is 0.466 e. The van der Waals surface area contributed by atoms with E-state index in [9.17, 15) is 4.79 Å². The SMILES string of the molecule is COC(=O)C1=C(C)SCC1. The fourth-order valence-electron chi connectivity index (χ4n) is 0.938. The van der Waals surface area contributed by atoms with Crippen LogP contribution in [0.4, 0.5) is 0 Å². The van der Waals surface area contributed by atoms with Gasteiger partial charge >= 0.3 is 5.97 Å². The van der Waals surface area contributed by atoms with Crippen LogP contribution in [0.3, 0.4) is 0 Å². The molecule has 1 aliphatic rings. The molecular formula is C7H10O2S. The molecule has 1 heterocycles. The highest BCUT2D eigenvalue weighted by Gasteiger charge is 2.18. The van der Waals surface area contributed by atoms with Gasteiger partial charge in [-0.2, -0.15) is 0 Å². The summed E-state index contributed by atoms with van der Waals surface area (Å²) in [5.74, 6) is 0.860. The Labute approximate surface area is 64.6 Å². The Balaban J connectivity index is 2.71. The van der Waals surface area contributed by atoms with Crippen LogP contribution in [0.1, 0.15) is 13.3 Å². The Morgan fingerprint density at radius 2 is 2.40 bits per heavy atom. The Kier molecular flexibility index (Phi) is 2.38. The lowest BCUT2D eigenvalue weighted by Crippen LogP contribution is -2.03. The molecule has 0 radical (unpaired) electrons. The standard InChI is InChI=1S/C7H10O2S/c1-5-6(3-4-10-5)7(8)9-2/h3-4H2,1-2H3. The van der Waals surface area contributed by atoms with Gasteiger partial charge in [0.1, 0.15) is 0 Å². The average molecular weight is 158 g/mol. The predicted molar refractivity (Wildman–Crippen MR) is 41.8 cm³/mol. The number of hydrogen-bond donors (Lipinski definition) is 0. The minimum atomic E-state index is -0.164. The van der Waals surface area contributed by atoms with Crippen LogP contribution >= 0.6 is 11.8 Å². The molecule has 2 nitrogen and oxygen atoms in total. The Morgan fingerprint density at radius 3 is 2.80 bits per heavy atom. The average Bonchev–Trinajstić information content (AvgIpc) is 2.34. The summed E-state index contributed by atoms with van der Waals surface area (Å²) in [4.78, 5) is 12.0. The van der Waals surface area contributed by atoms with E-state index in [2.05, 4.69) is 4.74 Å². The first-order valence-corrected chi connectivity index (χ1v) is 4.15. The monoisotopic (exact) mass is 158 g/mol. The van der Waals surface area contributed by atoms with Crippen LogP contribution in [-0.2, 0) is 9.53 Å². The number of methoxy groups -OCH3 is 1. The van der Waals surface area contributed by atoms with Crippen LogP contribution in [0.15, 0.2) is 10.5 Å². The summed E-state index contributed by atoms with van der Waals surface area (Å²) in [7, 11) is 1.42. The molecule has 0 N–H and O–H groups in total. The minimum absolute atomic E-state index is 0.164. The van der Waals surface area contributed by atoms with Crippen LogP contribution in [0.5, 0.6) is 0 Å². The van der Waals surface area contributed by atoms with Gasteiger partial charge in [-0.15, -0.1) is 11.8 Å². The zero-order chi connectivity index (χ0) is 7.56. The number of esters is 1. The van der Waals surface area contributed by atoms with E-state index < -0.39 is 0 Å². The van der Waals surface area contributed by atoms with Crippen LogP contribution in [0.2, 0.25) is 0 Å². The lowest BCUT2D eigenvalue weighted by molar-refractivity contribution is -0.136. The second kappa shape index (κ2) is 3.10. The third-order valence-electron chi connectivity index (χ3n) is 1.53. The zero-order valence-electron chi connectivity index (χ0n) is 6.14. The van der Waals surface area contributed by atoms with E-state index in [0.717, 1.165) is 22.7 Å². The molecule has 1 aliphatic heterocycles. The topological polar surface area (TPSA) is 26.3 Å². The molecule has 0 aromatic carbocycles. The normalized spacial score (nSPS) is 17.8. The summed E-state index contributed by atoms with van der Waals surface area (Å²) in [5, 5.41) is 0. The lowest BCUT2D eigenvalue weighted by atomic mass is 10.2. The van der Waals surface area contributed by atoms with E-state index in [1.807, 2.05) is 6.92 Å². The Morgan fingerprint density at radius 1 is 1.70 bits per heavy atom. The minimum Gasteiger partial charge on any atom is -0.466 e. The first-order valence-electron chi connectivity index (χ1n) is 3.16. The van der Waals surface area contributed by atoms with Crippen molar-refractivity contribution in [1.82, 2.24) is 0 Å². The van der Waals surface area contributed by atoms with Crippen LogP contribution in [0.25, 0.3) is 0 Å². The second-order valence-electron chi connectivity index (χ2n) is 2.12. The van der Waals surface area contributed by atoms with Gasteiger partial charge in [0.05, 0.1) is 7.11 Å². The van der Waals surface area contributed by atoms with Crippen molar-refractivity contribution in [2.45, 2.75) is 13.3 Å². The first kappa shape index (κ1) is 7.66. The molecule has 1 rings (SSSR count). The maximum Gasteiger partial charge on any atom is 0.334 e. The fourth-order valence-corrected chi connectivity index (χ4v) is 1.91. The smallest absolute Gasteiger partial charge is 0.334 e. The fraction of sp³-hybridized carbons (Fsp3) is 0.571. The predicted octanol–water partition coefficient (Wildman–Crippen LogP) is 1.57. The maximum absolute atomic E-state index is 10.9. The van der Waals surface area contributed by atoms with Gasteiger partial charge in [0.15, 0.2) is 0 Å². The van der Waals surface area contributed by atoms with Crippen molar-refractivity contribution in [3.63, 3.8) is 0 Å². The van der Waals surface area contributed by atoms with Crippen LogP contribution < -0.4 is 0 Å². The highest BCUT2D eigenvalue weighted by Crippen LogP contribution is 2.30. The molecular weight excluding hydrogens is 148 g/mol. The molecule has 0 aromatic heterocycles. The highest BCUT2D eigenvalue weighted by atomic mass is 32.2. The Bertz CT molecular complexity index is 184. The lowest BCUT2D eigenvalue weighted by Gasteiger charge is -1.98. The molecule has 0 aliphatic carbocycles. The molecule has 56 valence electrons. The van der Waals surface area contributed by atoms with Gasteiger partial charge in [-0.1, -0.05) is 0 Å². The van der Waals surface area contributed by atoms with Gasteiger partial charge in [0.2, 0.25) is 0 Å². The highest BCUT2D eigenvalue weighted by molar-refractivity contribution is 8.03. The summed E-state index contributed by atoms with van der Waals surface area (Å²) < 4.78 is 4.59. The molecule has 0 amide bonds. The van der Waals surface area contributed by atoms with Gasteiger partial charge < -0.3 is 4.74 Å². The number of ether oxygens (including phenoxy) is 1. The van der Waals surface area contributed by atoms with Crippen molar-refractivity contribution in [2.24, 2.45) is 0 Å².